The van der Waals surface area contributed by atoms with Gasteiger partial charge in [0.2, 0.25) is 0 Å². The van der Waals surface area contributed by atoms with Crippen molar-refractivity contribution in [3.8, 4) is 5.75 Å². The number of hydrogen-bond acceptors (Lipinski definition) is 2. The van der Waals surface area contributed by atoms with Crippen molar-refractivity contribution < 1.29 is 9.84 Å². The molecule has 0 unspecified atom stereocenters. The van der Waals surface area contributed by atoms with E-state index < -0.39 is 5.60 Å². The third kappa shape index (κ3) is 2.45. The Morgan fingerprint density at radius 3 is 1.76 bits per heavy atom. The normalized spacial score (nSPS) is 51.6. The Morgan fingerprint density at radius 2 is 1.24 bits per heavy atom. The molecule has 0 aromatic heterocycles. The molecule has 156 valence electrons. The summed E-state index contributed by atoms with van der Waals surface area (Å²) in [7, 11) is 1.81. The Kier molecular flexibility index (Phi) is 3.66. The number of rotatable bonds is 3. The van der Waals surface area contributed by atoms with Gasteiger partial charge in [-0.2, -0.15) is 0 Å². The lowest BCUT2D eigenvalue weighted by molar-refractivity contribution is -0.179. The van der Waals surface area contributed by atoms with Gasteiger partial charge in [-0.25, -0.2) is 0 Å². The summed E-state index contributed by atoms with van der Waals surface area (Å²) in [6.45, 7) is 0. The first-order valence-electron chi connectivity index (χ1n) is 12.5. The van der Waals surface area contributed by atoms with Crippen LogP contribution in [0.4, 0.5) is 0 Å². The molecule has 1 aromatic rings. The maximum Gasteiger partial charge on any atom is 0.119 e. The minimum Gasteiger partial charge on any atom is -0.497 e. The van der Waals surface area contributed by atoms with E-state index in [1.165, 1.54) is 75.3 Å². The Hall–Kier alpha value is -1.02. The van der Waals surface area contributed by atoms with Crippen molar-refractivity contribution in [1.82, 2.24) is 0 Å². The molecule has 0 heterocycles. The molecule has 29 heavy (non-hydrogen) atoms. The molecular weight excluding hydrogens is 356 g/mol. The highest BCUT2D eigenvalue weighted by Gasteiger charge is 2.57. The summed E-state index contributed by atoms with van der Waals surface area (Å²) in [4.78, 5) is 0. The van der Waals surface area contributed by atoms with Gasteiger partial charge in [-0.1, -0.05) is 6.07 Å². The van der Waals surface area contributed by atoms with Gasteiger partial charge in [-0.3, -0.25) is 0 Å². The van der Waals surface area contributed by atoms with Gasteiger partial charge >= 0.3 is 0 Å². The van der Waals surface area contributed by atoms with Crippen LogP contribution in [-0.4, -0.2) is 12.2 Å². The van der Waals surface area contributed by atoms with E-state index in [1.807, 2.05) is 0 Å². The lowest BCUT2D eigenvalue weighted by Crippen LogP contribution is -2.55. The van der Waals surface area contributed by atoms with E-state index in [2.05, 4.69) is 18.2 Å². The number of aliphatic hydroxyl groups is 1. The van der Waals surface area contributed by atoms with Crippen LogP contribution in [0, 0.1) is 47.3 Å². The molecule has 8 aliphatic rings. The molecular formula is C27H36O2. The standard InChI is InChI=1S/C27H36O2/c1-29-25-13-21(26-19-4-15-2-16(6-19)7-20(26)5-15)12-24(14-25)27(28)22-8-17-3-18(10-22)11-23(27)9-17/h12-20,22-23,26,28H,2-11H2,1H3. The smallest absolute Gasteiger partial charge is 0.119 e. The fraction of sp³-hybridized carbons (Fsp3) is 0.778. The Labute approximate surface area is 175 Å². The average Bonchev–Trinajstić information content (AvgIpc) is 2.70. The van der Waals surface area contributed by atoms with Crippen molar-refractivity contribution >= 4 is 0 Å². The molecule has 2 heteroatoms. The molecule has 8 fully saturated rings. The third-order valence-corrected chi connectivity index (χ3v) is 10.6. The van der Waals surface area contributed by atoms with E-state index in [0.717, 1.165) is 41.3 Å². The van der Waals surface area contributed by atoms with Crippen molar-refractivity contribution in [2.75, 3.05) is 7.11 Å². The first kappa shape index (κ1) is 17.6. The van der Waals surface area contributed by atoms with Gasteiger partial charge in [0.05, 0.1) is 12.7 Å². The molecule has 1 aromatic carbocycles. The predicted octanol–water partition coefficient (Wildman–Crippen LogP) is 5.88. The highest BCUT2D eigenvalue weighted by Crippen LogP contribution is 2.63. The molecule has 8 saturated carbocycles. The summed E-state index contributed by atoms with van der Waals surface area (Å²) < 4.78 is 5.82. The van der Waals surface area contributed by atoms with Crippen molar-refractivity contribution in [3.63, 3.8) is 0 Å². The van der Waals surface area contributed by atoms with Crippen molar-refractivity contribution in [2.24, 2.45) is 47.3 Å². The molecule has 9 rings (SSSR count). The number of ether oxygens (including phenoxy) is 1. The van der Waals surface area contributed by atoms with Gasteiger partial charge in [0.1, 0.15) is 5.75 Å². The largest absolute Gasteiger partial charge is 0.497 e. The fourth-order valence-corrected chi connectivity index (χ4v) is 10.0. The maximum atomic E-state index is 12.2. The molecule has 0 saturated heterocycles. The van der Waals surface area contributed by atoms with Crippen LogP contribution in [0.2, 0.25) is 0 Å². The average molecular weight is 393 g/mol. The summed E-state index contributed by atoms with van der Waals surface area (Å²) in [5.41, 5.74) is 2.09. The number of hydrogen-bond donors (Lipinski definition) is 1. The van der Waals surface area contributed by atoms with E-state index in [-0.39, 0.29) is 0 Å². The Bertz CT molecular complexity index is 770. The van der Waals surface area contributed by atoms with Gasteiger partial charge in [-0.15, -0.1) is 0 Å². The topological polar surface area (TPSA) is 29.5 Å². The van der Waals surface area contributed by atoms with E-state index in [1.54, 1.807) is 7.11 Å². The summed E-state index contributed by atoms with van der Waals surface area (Å²) in [6.07, 6.45) is 13.7. The van der Waals surface area contributed by atoms with Crippen LogP contribution < -0.4 is 4.74 Å². The minimum absolute atomic E-state index is 0.470. The van der Waals surface area contributed by atoms with E-state index >= 15 is 0 Å². The molecule has 0 radical (unpaired) electrons. The second-order valence-corrected chi connectivity index (χ2v) is 12.1. The first-order chi connectivity index (χ1) is 14.1. The van der Waals surface area contributed by atoms with Gasteiger partial charge in [-0.05, 0) is 141 Å². The Morgan fingerprint density at radius 1 is 0.724 bits per heavy atom. The van der Waals surface area contributed by atoms with Crippen LogP contribution >= 0.6 is 0 Å². The minimum atomic E-state index is -0.609. The van der Waals surface area contributed by atoms with Crippen molar-refractivity contribution in [2.45, 2.75) is 75.7 Å². The quantitative estimate of drug-likeness (QED) is 0.696. The van der Waals surface area contributed by atoms with Crippen molar-refractivity contribution in [1.29, 1.82) is 0 Å². The SMILES string of the molecule is COc1cc(C2C3CC4CC(C3)CC2C4)cc(C2(O)C3CC4CC(C3)CC2C4)c1. The zero-order valence-corrected chi connectivity index (χ0v) is 17.9. The summed E-state index contributed by atoms with van der Waals surface area (Å²) in [5.74, 6) is 8.15. The second kappa shape index (κ2) is 6.02. The first-order valence-corrected chi connectivity index (χ1v) is 12.5. The molecule has 0 amide bonds. The highest BCUT2D eigenvalue weighted by atomic mass is 16.5. The molecule has 8 bridgehead atoms. The van der Waals surface area contributed by atoms with Crippen LogP contribution in [0.25, 0.3) is 0 Å². The van der Waals surface area contributed by atoms with Crippen LogP contribution in [0.1, 0.15) is 81.3 Å². The van der Waals surface area contributed by atoms with Gasteiger partial charge in [0.15, 0.2) is 0 Å². The molecule has 8 aliphatic carbocycles. The van der Waals surface area contributed by atoms with Crippen LogP contribution in [0.5, 0.6) is 5.75 Å². The second-order valence-electron chi connectivity index (χ2n) is 12.1. The molecule has 2 nitrogen and oxygen atoms in total. The monoisotopic (exact) mass is 392 g/mol. The highest BCUT2D eigenvalue weighted by molar-refractivity contribution is 5.42. The van der Waals surface area contributed by atoms with Crippen LogP contribution in [0.15, 0.2) is 18.2 Å². The molecule has 0 atom stereocenters. The fourth-order valence-electron chi connectivity index (χ4n) is 10.0. The number of benzene rings is 1. The van der Waals surface area contributed by atoms with Crippen LogP contribution in [-0.2, 0) is 5.60 Å². The zero-order chi connectivity index (χ0) is 19.3. The lowest BCUT2D eigenvalue weighted by atomic mass is 9.48. The zero-order valence-electron chi connectivity index (χ0n) is 17.9. The lowest BCUT2D eigenvalue weighted by Gasteiger charge is -2.59. The third-order valence-electron chi connectivity index (χ3n) is 10.6. The summed E-state index contributed by atoms with van der Waals surface area (Å²) >= 11 is 0. The van der Waals surface area contributed by atoms with E-state index in [0.29, 0.717) is 17.8 Å². The van der Waals surface area contributed by atoms with Gasteiger partial charge in [0, 0.05) is 0 Å². The molecule has 1 N–H and O–H groups in total. The summed E-state index contributed by atoms with van der Waals surface area (Å²) in [6, 6.07) is 6.98. The van der Waals surface area contributed by atoms with Gasteiger partial charge < -0.3 is 9.84 Å². The maximum absolute atomic E-state index is 12.2. The molecule has 0 spiro atoms. The Balaban J connectivity index is 1.30. The van der Waals surface area contributed by atoms with Crippen LogP contribution in [0.3, 0.4) is 0 Å². The predicted molar refractivity (Wildman–Crippen MR) is 114 cm³/mol. The van der Waals surface area contributed by atoms with Crippen molar-refractivity contribution in [3.05, 3.63) is 29.3 Å². The number of methoxy groups -OCH3 is 1. The molecule has 0 aliphatic heterocycles. The van der Waals surface area contributed by atoms with E-state index in [9.17, 15) is 5.11 Å². The van der Waals surface area contributed by atoms with E-state index in [4.69, 9.17) is 4.74 Å². The summed E-state index contributed by atoms with van der Waals surface area (Å²) in [5, 5.41) is 12.2. The van der Waals surface area contributed by atoms with Gasteiger partial charge in [0.25, 0.3) is 0 Å².